The van der Waals surface area contributed by atoms with E-state index < -0.39 is 52.2 Å². The predicted octanol–water partition coefficient (Wildman–Crippen LogP) is 1.39. The number of benzene rings is 1. The first-order valence-electron chi connectivity index (χ1n) is 10.6. The summed E-state index contributed by atoms with van der Waals surface area (Å²) in [6.45, 7) is 0.687. The zero-order valence-electron chi connectivity index (χ0n) is 18.7. The van der Waals surface area contributed by atoms with E-state index in [2.05, 4.69) is 20.4 Å². The van der Waals surface area contributed by atoms with Gasteiger partial charge in [-0.15, -0.1) is 0 Å². The Hall–Kier alpha value is -1.96. The van der Waals surface area contributed by atoms with Crippen LogP contribution < -0.4 is 5.32 Å². The molecule has 3 heterocycles. The van der Waals surface area contributed by atoms with Crippen molar-refractivity contribution in [1.29, 1.82) is 0 Å². The fourth-order valence-corrected chi connectivity index (χ4v) is 6.53. The smallest absolute Gasteiger partial charge is 0.340 e. The summed E-state index contributed by atoms with van der Waals surface area (Å²) in [5.74, 6) is -1.06. The number of nitrogens with zero attached hydrogens (tertiary/aromatic N) is 4. The molecule has 0 bridgehead atoms. The van der Waals surface area contributed by atoms with Crippen LogP contribution in [0.2, 0.25) is 5.28 Å². The topological polar surface area (TPSA) is 209 Å². The van der Waals surface area contributed by atoms with E-state index in [1.54, 1.807) is 0 Å². The Bertz CT molecular complexity index is 1340. The molecule has 4 rings (SSSR count). The lowest BCUT2D eigenvalue weighted by atomic mass is 10.1. The molecule has 17 heteroatoms. The van der Waals surface area contributed by atoms with Gasteiger partial charge in [0.1, 0.15) is 18.0 Å². The van der Waals surface area contributed by atoms with Crippen molar-refractivity contribution < 1.29 is 43.3 Å². The van der Waals surface area contributed by atoms with Gasteiger partial charge in [-0.25, -0.2) is 4.68 Å². The molecule has 0 spiro atoms. The van der Waals surface area contributed by atoms with Gasteiger partial charge in [0.15, 0.2) is 11.6 Å². The monoisotopic (exact) mass is 563 g/mol. The lowest BCUT2D eigenvalue weighted by Gasteiger charge is -2.27. The van der Waals surface area contributed by atoms with Gasteiger partial charge in [-0.05, 0) is 24.1 Å². The second kappa shape index (κ2) is 10.1. The summed E-state index contributed by atoms with van der Waals surface area (Å²) >= 11 is 6.13. The van der Waals surface area contributed by atoms with Gasteiger partial charge in [0, 0.05) is 6.04 Å². The van der Waals surface area contributed by atoms with Crippen LogP contribution in [0.1, 0.15) is 18.5 Å². The van der Waals surface area contributed by atoms with Gasteiger partial charge >= 0.3 is 15.2 Å². The van der Waals surface area contributed by atoms with E-state index in [0.29, 0.717) is 11.2 Å². The van der Waals surface area contributed by atoms with E-state index >= 15 is 0 Å². The summed E-state index contributed by atoms with van der Waals surface area (Å²) in [6, 6.07) is 9.38. The molecule has 14 nitrogen and oxygen atoms in total. The number of nitrogens with one attached hydrogen (secondary N) is 1. The van der Waals surface area contributed by atoms with Crippen molar-refractivity contribution in [3.8, 4) is 0 Å². The van der Waals surface area contributed by atoms with Crippen molar-refractivity contribution in [2.45, 2.75) is 30.9 Å². The summed E-state index contributed by atoms with van der Waals surface area (Å²) < 4.78 is 34.0. The number of aromatic nitrogens is 4. The van der Waals surface area contributed by atoms with Crippen molar-refractivity contribution in [3.63, 3.8) is 0 Å². The number of rotatable bonds is 9. The SMILES string of the molecule is C[C@H](Nc1nc(Cl)nc2c1cnn2[C@]1(O)CO[C@H](COP(=O)(O)CP(=O)(O)O)[C@H]1O)c1ccccc1. The van der Waals surface area contributed by atoms with Crippen molar-refractivity contribution in [2.24, 2.45) is 0 Å². The number of fused-ring (bicyclic) bond motifs is 1. The lowest BCUT2D eigenvalue weighted by molar-refractivity contribution is -0.117. The van der Waals surface area contributed by atoms with Gasteiger partial charge in [-0.3, -0.25) is 9.13 Å². The number of aliphatic hydroxyl groups is 2. The van der Waals surface area contributed by atoms with Crippen LogP contribution in [0.5, 0.6) is 0 Å². The van der Waals surface area contributed by atoms with Crippen LogP contribution in [0.25, 0.3) is 11.0 Å². The summed E-state index contributed by atoms with van der Waals surface area (Å²) in [5.41, 5.74) is -1.11. The van der Waals surface area contributed by atoms with E-state index in [9.17, 15) is 24.2 Å². The number of aliphatic hydroxyl groups excluding tert-OH is 1. The molecule has 1 aliphatic heterocycles. The van der Waals surface area contributed by atoms with Gasteiger partial charge in [-0.1, -0.05) is 30.3 Å². The molecule has 0 saturated carbocycles. The van der Waals surface area contributed by atoms with Gasteiger partial charge in [0.25, 0.3) is 0 Å². The van der Waals surface area contributed by atoms with Crippen LogP contribution in [0.3, 0.4) is 0 Å². The standard InChI is InChI=1S/C19H24ClN5O9P2/c1-11(12-5-3-2-4-6-12)22-16-13-7-21-25(17(13)24-18(20)23-16)19(27)9-33-14(15(19)26)8-34-36(31,32)10-35(28,29)30/h2-7,11,14-15,26-27H,8-10H2,1H3,(H,31,32)(H,22,23,24)(H2,28,29,30)/t11-,14+,15+,19-/m0/s1. The van der Waals surface area contributed by atoms with E-state index in [4.69, 9.17) is 30.6 Å². The highest BCUT2D eigenvalue weighted by atomic mass is 35.5. The molecule has 1 fully saturated rings. The van der Waals surface area contributed by atoms with Crippen molar-refractivity contribution >= 4 is 43.6 Å². The van der Waals surface area contributed by atoms with Gasteiger partial charge in [-0.2, -0.15) is 15.1 Å². The average Bonchev–Trinajstić information content (AvgIpc) is 3.33. The Labute approximate surface area is 209 Å². The predicted molar refractivity (Wildman–Crippen MR) is 127 cm³/mol. The maximum atomic E-state index is 11.9. The van der Waals surface area contributed by atoms with Crippen LogP contribution in [-0.2, 0) is 24.1 Å². The molecule has 0 aliphatic carbocycles. The molecule has 2 aromatic heterocycles. The fourth-order valence-electron chi connectivity index (χ4n) is 3.80. The van der Waals surface area contributed by atoms with Crippen molar-refractivity contribution in [3.05, 3.63) is 47.4 Å². The Morgan fingerprint density at radius 2 is 1.97 bits per heavy atom. The van der Waals surface area contributed by atoms with Crippen molar-refractivity contribution in [1.82, 2.24) is 19.7 Å². The molecule has 6 N–H and O–H groups in total. The fraction of sp³-hybridized carbons (Fsp3) is 0.421. The minimum absolute atomic E-state index is 0.0822. The molecule has 1 saturated heterocycles. The zero-order chi connectivity index (χ0) is 26.3. The third-order valence-corrected chi connectivity index (χ3v) is 9.18. The molecule has 1 aliphatic rings. The Morgan fingerprint density at radius 3 is 2.64 bits per heavy atom. The Morgan fingerprint density at radius 1 is 1.28 bits per heavy atom. The molecule has 0 radical (unpaired) electrons. The Kier molecular flexibility index (Phi) is 7.58. The van der Waals surface area contributed by atoms with E-state index in [1.807, 2.05) is 37.3 Å². The van der Waals surface area contributed by atoms with Crippen LogP contribution in [0.4, 0.5) is 5.82 Å². The van der Waals surface area contributed by atoms with Gasteiger partial charge < -0.3 is 39.5 Å². The number of hydrogen-bond acceptors (Lipinski definition) is 10. The first-order chi connectivity index (χ1) is 16.8. The van der Waals surface area contributed by atoms with E-state index in [1.165, 1.54) is 6.20 Å². The summed E-state index contributed by atoms with van der Waals surface area (Å²) in [4.78, 5) is 35.8. The third kappa shape index (κ3) is 5.79. The zero-order valence-corrected chi connectivity index (χ0v) is 21.3. The summed E-state index contributed by atoms with van der Waals surface area (Å²) in [6.07, 6.45) is -1.66. The van der Waals surface area contributed by atoms with Gasteiger partial charge in [0.2, 0.25) is 11.0 Å². The highest BCUT2D eigenvalue weighted by molar-refractivity contribution is 7.70. The highest BCUT2D eigenvalue weighted by Crippen LogP contribution is 2.55. The largest absolute Gasteiger partial charge is 0.385 e. The minimum atomic E-state index is -4.83. The van der Waals surface area contributed by atoms with Crippen LogP contribution in [0.15, 0.2) is 36.5 Å². The maximum Gasteiger partial charge on any atom is 0.340 e. The van der Waals surface area contributed by atoms with Crippen LogP contribution >= 0.6 is 26.8 Å². The molecule has 5 atom stereocenters. The van der Waals surface area contributed by atoms with E-state index in [-0.39, 0.29) is 17.0 Å². The number of halogens is 1. The quantitative estimate of drug-likeness (QED) is 0.161. The number of ether oxygens (including phenoxy) is 1. The molecule has 1 unspecified atom stereocenters. The second-order valence-electron chi connectivity index (χ2n) is 8.32. The molecular weight excluding hydrogens is 540 g/mol. The van der Waals surface area contributed by atoms with Crippen LogP contribution in [0, 0.1) is 0 Å². The normalized spacial score (nSPS) is 25.1. The molecule has 3 aromatic rings. The average molecular weight is 564 g/mol. The molecule has 1 aromatic carbocycles. The number of anilines is 1. The van der Waals surface area contributed by atoms with Gasteiger partial charge in [0.05, 0.1) is 24.8 Å². The lowest BCUT2D eigenvalue weighted by Crippen LogP contribution is -2.47. The summed E-state index contributed by atoms with van der Waals surface area (Å²) in [5, 5.41) is 29.6. The molecule has 0 amide bonds. The highest BCUT2D eigenvalue weighted by Gasteiger charge is 2.52. The Balaban J connectivity index is 1.57. The molecule has 196 valence electrons. The van der Waals surface area contributed by atoms with Crippen LogP contribution in [-0.4, -0.2) is 76.0 Å². The molecule has 36 heavy (non-hydrogen) atoms. The first-order valence-corrected chi connectivity index (χ1v) is 14.5. The molecular formula is C19H24ClN5O9P2. The van der Waals surface area contributed by atoms with Crippen molar-refractivity contribution in [2.75, 3.05) is 24.4 Å². The number of hydrogen-bond donors (Lipinski definition) is 6. The minimum Gasteiger partial charge on any atom is -0.385 e. The maximum absolute atomic E-state index is 11.9. The third-order valence-electron chi connectivity index (χ3n) is 5.56. The first kappa shape index (κ1) is 27.1. The van der Waals surface area contributed by atoms with E-state index in [0.717, 1.165) is 10.2 Å². The second-order valence-corrected chi connectivity index (χ2v) is 12.7. The summed E-state index contributed by atoms with van der Waals surface area (Å²) in [7, 11) is -9.52.